The van der Waals surface area contributed by atoms with Crippen molar-refractivity contribution in [1.29, 1.82) is 0 Å². The van der Waals surface area contributed by atoms with Gasteiger partial charge in [0.1, 0.15) is 12.4 Å². The molecule has 2 rings (SSSR count). The lowest BCUT2D eigenvalue weighted by atomic mass is 10.3. The summed E-state index contributed by atoms with van der Waals surface area (Å²) in [7, 11) is 0. The Morgan fingerprint density at radius 2 is 1.95 bits per heavy atom. The molecule has 0 saturated carbocycles. The van der Waals surface area contributed by atoms with Gasteiger partial charge >= 0.3 is 0 Å². The van der Waals surface area contributed by atoms with E-state index in [9.17, 15) is 0 Å². The van der Waals surface area contributed by atoms with Gasteiger partial charge in [-0.25, -0.2) is 9.97 Å². The highest BCUT2D eigenvalue weighted by atomic mass is 16.5. The van der Waals surface area contributed by atoms with Gasteiger partial charge in [-0.2, -0.15) is 0 Å². The molecule has 0 unspecified atom stereocenters. The number of para-hydroxylation sites is 1. The van der Waals surface area contributed by atoms with Crippen LogP contribution in [0.2, 0.25) is 0 Å². The van der Waals surface area contributed by atoms with Gasteiger partial charge in [-0.3, -0.25) is 0 Å². The van der Waals surface area contributed by atoms with Gasteiger partial charge in [0.2, 0.25) is 0 Å². The highest BCUT2D eigenvalue weighted by Gasteiger charge is 2.01. The molecule has 0 aliphatic heterocycles. The van der Waals surface area contributed by atoms with E-state index >= 15 is 0 Å². The molecule has 0 spiro atoms. The first-order chi connectivity index (χ1) is 9.24. The molecule has 1 aromatic carbocycles. The third-order valence-electron chi connectivity index (χ3n) is 2.57. The van der Waals surface area contributed by atoms with Crippen LogP contribution in [0.1, 0.15) is 25.4 Å². The molecular formula is C15H19N3O. The van der Waals surface area contributed by atoms with Crippen LogP contribution in [0.15, 0.2) is 42.6 Å². The van der Waals surface area contributed by atoms with Crippen molar-refractivity contribution >= 4 is 0 Å². The molecule has 4 nitrogen and oxygen atoms in total. The first kappa shape index (κ1) is 13.5. The van der Waals surface area contributed by atoms with E-state index in [1.165, 1.54) is 0 Å². The van der Waals surface area contributed by atoms with Crippen LogP contribution in [0.5, 0.6) is 5.75 Å². The van der Waals surface area contributed by atoms with Gasteiger partial charge in [-0.05, 0) is 18.2 Å². The standard InChI is InChI=1S/C15H19N3O/c1-12(2)17-10-13-8-9-16-15(18-13)11-19-14-6-4-3-5-7-14/h3-9,12,17H,10-11H2,1-2H3. The highest BCUT2D eigenvalue weighted by Crippen LogP contribution is 2.10. The lowest BCUT2D eigenvalue weighted by Gasteiger charge is -2.09. The topological polar surface area (TPSA) is 47.0 Å². The van der Waals surface area contributed by atoms with Crippen molar-refractivity contribution in [2.75, 3.05) is 0 Å². The van der Waals surface area contributed by atoms with E-state index in [0.717, 1.165) is 18.0 Å². The van der Waals surface area contributed by atoms with Crippen LogP contribution < -0.4 is 10.1 Å². The van der Waals surface area contributed by atoms with E-state index in [-0.39, 0.29) is 0 Å². The SMILES string of the molecule is CC(C)NCc1ccnc(COc2ccccc2)n1. The summed E-state index contributed by atoms with van der Waals surface area (Å²) in [6.07, 6.45) is 1.77. The molecule has 1 heterocycles. The number of aromatic nitrogens is 2. The van der Waals surface area contributed by atoms with E-state index in [1.54, 1.807) is 6.20 Å². The molecule has 0 atom stereocenters. The molecule has 0 aliphatic carbocycles. The van der Waals surface area contributed by atoms with E-state index in [4.69, 9.17) is 4.74 Å². The summed E-state index contributed by atoms with van der Waals surface area (Å²) in [5.74, 6) is 1.53. The van der Waals surface area contributed by atoms with Crippen LogP contribution in [0.4, 0.5) is 0 Å². The number of hydrogen-bond acceptors (Lipinski definition) is 4. The molecule has 1 aromatic heterocycles. The summed E-state index contributed by atoms with van der Waals surface area (Å²) < 4.78 is 5.63. The van der Waals surface area contributed by atoms with Crippen LogP contribution in [0, 0.1) is 0 Å². The van der Waals surface area contributed by atoms with Gasteiger partial charge in [0.15, 0.2) is 5.82 Å². The number of rotatable bonds is 6. The summed E-state index contributed by atoms with van der Waals surface area (Å²) in [4.78, 5) is 8.68. The molecule has 0 radical (unpaired) electrons. The van der Waals surface area contributed by atoms with Gasteiger partial charge in [0, 0.05) is 18.8 Å². The summed E-state index contributed by atoms with van der Waals surface area (Å²) in [5, 5.41) is 3.33. The van der Waals surface area contributed by atoms with Crippen LogP contribution in [-0.4, -0.2) is 16.0 Å². The Labute approximate surface area is 113 Å². The first-order valence-corrected chi connectivity index (χ1v) is 6.46. The van der Waals surface area contributed by atoms with Gasteiger partial charge in [-0.1, -0.05) is 32.0 Å². The Bertz CT molecular complexity index is 500. The van der Waals surface area contributed by atoms with Crippen LogP contribution in [0.25, 0.3) is 0 Å². The predicted octanol–water partition coefficient (Wildman–Crippen LogP) is 2.55. The maximum Gasteiger partial charge on any atom is 0.166 e. The highest BCUT2D eigenvalue weighted by molar-refractivity contribution is 5.21. The number of nitrogens with one attached hydrogen (secondary N) is 1. The molecular weight excluding hydrogens is 238 g/mol. The molecule has 0 amide bonds. The minimum atomic E-state index is 0.388. The van der Waals surface area contributed by atoms with Crippen molar-refractivity contribution in [2.24, 2.45) is 0 Å². The minimum Gasteiger partial charge on any atom is -0.486 e. The minimum absolute atomic E-state index is 0.388. The smallest absolute Gasteiger partial charge is 0.166 e. The summed E-state index contributed by atoms with van der Waals surface area (Å²) in [6, 6.07) is 12.1. The maximum absolute atomic E-state index is 5.63. The zero-order chi connectivity index (χ0) is 13.5. The normalized spacial score (nSPS) is 10.7. The zero-order valence-electron chi connectivity index (χ0n) is 11.3. The largest absolute Gasteiger partial charge is 0.486 e. The second kappa shape index (κ2) is 6.85. The van der Waals surface area contributed by atoms with Crippen molar-refractivity contribution in [2.45, 2.75) is 33.0 Å². The third-order valence-corrected chi connectivity index (χ3v) is 2.57. The molecule has 2 aromatic rings. The Morgan fingerprint density at radius 3 is 2.68 bits per heavy atom. The molecule has 100 valence electrons. The van der Waals surface area contributed by atoms with Crippen molar-refractivity contribution in [3.63, 3.8) is 0 Å². The van der Waals surface area contributed by atoms with E-state index in [2.05, 4.69) is 29.1 Å². The van der Waals surface area contributed by atoms with Crippen molar-refractivity contribution < 1.29 is 4.74 Å². The quantitative estimate of drug-likeness (QED) is 0.864. The molecule has 0 fully saturated rings. The molecule has 1 N–H and O–H groups in total. The van der Waals surface area contributed by atoms with E-state index in [0.29, 0.717) is 18.5 Å². The lowest BCUT2D eigenvalue weighted by Crippen LogP contribution is -2.22. The van der Waals surface area contributed by atoms with Crippen LogP contribution >= 0.6 is 0 Å². The fraction of sp³-hybridized carbons (Fsp3) is 0.333. The number of hydrogen-bond donors (Lipinski definition) is 1. The van der Waals surface area contributed by atoms with Crippen molar-refractivity contribution in [1.82, 2.24) is 15.3 Å². The van der Waals surface area contributed by atoms with Gasteiger partial charge in [0.25, 0.3) is 0 Å². The first-order valence-electron chi connectivity index (χ1n) is 6.46. The summed E-state index contributed by atoms with van der Waals surface area (Å²) in [6.45, 7) is 5.36. The summed E-state index contributed by atoms with van der Waals surface area (Å²) in [5.41, 5.74) is 0.982. The molecule has 4 heteroatoms. The average molecular weight is 257 g/mol. The zero-order valence-corrected chi connectivity index (χ0v) is 11.3. The van der Waals surface area contributed by atoms with Gasteiger partial charge < -0.3 is 10.1 Å². The monoisotopic (exact) mass is 257 g/mol. The summed E-state index contributed by atoms with van der Waals surface area (Å²) >= 11 is 0. The second-order valence-corrected chi connectivity index (χ2v) is 4.60. The Kier molecular flexibility index (Phi) is 4.86. The van der Waals surface area contributed by atoms with Crippen LogP contribution in [0.3, 0.4) is 0 Å². The lowest BCUT2D eigenvalue weighted by molar-refractivity contribution is 0.295. The van der Waals surface area contributed by atoms with Gasteiger partial charge in [-0.15, -0.1) is 0 Å². The van der Waals surface area contributed by atoms with Crippen LogP contribution in [-0.2, 0) is 13.2 Å². The predicted molar refractivity (Wildman–Crippen MR) is 74.8 cm³/mol. The fourth-order valence-corrected chi connectivity index (χ4v) is 1.58. The van der Waals surface area contributed by atoms with E-state index < -0.39 is 0 Å². The Balaban J connectivity index is 1.91. The molecule has 0 bridgehead atoms. The average Bonchev–Trinajstić information content (AvgIpc) is 2.44. The van der Waals surface area contributed by atoms with Crippen molar-refractivity contribution in [3.05, 3.63) is 54.1 Å². The number of ether oxygens (including phenoxy) is 1. The van der Waals surface area contributed by atoms with E-state index in [1.807, 2.05) is 36.4 Å². The maximum atomic E-state index is 5.63. The Hall–Kier alpha value is -1.94. The number of benzene rings is 1. The molecule has 0 saturated heterocycles. The van der Waals surface area contributed by atoms with Crippen molar-refractivity contribution in [3.8, 4) is 5.75 Å². The number of nitrogens with zero attached hydrogens (tertiary/aromatic N) is 2. The fourth-order valence-electron chi connectivity index (χ4n) is 1.58. The third kappa shape index (κ3) is 4.67. The molecule has 0 aliphatic rings. The Morgan fingerprint density at radius 1 is 1.16 bits per heavy atom. The van der Waals surface area contributed by atoms with Gasteiger partial charge in [0.05, 0.1) is 5.69 Å². The molecule has 19 heavy (non-hydrogen) atoms. The second-order valence-electron chi connectivity index (χ2n) is 4.60.